The molecule has 0 radical (unpaired) electrons. The van der Waals surface area contributed by atoms with Gasteiger partial charge < -0.3 is 14.4 Å². The lowest BCUT2D eigenvalue weighted by molar-refractivity contribution is -0.138. The molecule has 2 atom stereocenters. The number of rotatable bonds is 5. The number of hydrogen-bond donors (Lipinski definition) is 1. The van der Waals surface area contributed by atoms with Crippen LogP contribution in [-0.4, -0.2) is 39.9 Å². The predicted octanol–water partition coefficient (Wildman–Crippen LogP) is 2.54. The quantitative estimate of drug-likeness (QED) is 0.887. The molecule has 9 heteroatoms. The number of aliphatic hydroxyl groups excluding tert-OH is 1. The second-order valence-corrected chi connectivity index (χ2v) is 5.96. The van der Waals surface area contributed by atoms with Gasteiger partial charge in [0.1, 0.15) is 6.61 Å². The van der Waals surface area contributed by atoms with E-state index in [1.165, 1.54) is 19.2 Å². The summed E-state index contributed by atoms with van der Waals surface area (Å²) in [6, 6.07) is 4.85. The molecule has 3 rings (SSSR count). The fraction of sp³-hybridized carbons (Fsp3) is 0.500. The van der Waals surface area contributed by atoms with Gasteiger partial charge in [0, 0.05) is 19.7 Å². The number of methoxy groups -OCH3 is 1. The minimum Gasteiger partial charge on any atom is -0.392 e. The minimum atomic E-state index is -4.45. The Morgan fingerprint density at radius 1 is 1.36 bits per heavy atom. The first kappa shape index (κ1) is 17.8. The first-order valence-corrected chi connectivity index (χ1v) is 7.77. The van der Waals surface area contributed by atoms with Gasteiger partial charge in [-0.15, -0.1) is 0 Å². The maximum Gasteiger partial charge on any atom is 0.416 e. The van der Waals surface area contributed by atoms with Crippen molar-refractivity contribution in [3.05, 3.63) is 47.1 Å². The van der Waals surface area contributed by atoms with E-state index in [4.69, 9.17) is 9.26 Å². The van der Waals surface area contributed by atoms with E-state index in [0.717, 1.165) is 6.07 Å². The van der Waals surface area contributed by atoms with Crippen molar-refractivity contribution in [1.29, 1.82) is 0 Å². The van der Waals surface area contributed by atoms with Crippen LogP contribution in [-0.2, 0) is 24.1 Å². The van der Waals surface area contributed by atoms with Crippen LogP contribution in [0.1, 0.15) is 35.3 Å². The lowest BCUT2D eigenvalue weighted by Crippen LogP contribution is -2.26. The third-order valence-electron chi connectivity index (χ3n) is 4.13. The van der Waals surface area contributed by atoms with Crippen LogP contribution < -0.4 is 0 Å². The van der Waals surface area contributed by atoms with Gasteiger partial charge in [-0.2, -0.15) is 18.2 Å². The lowest BCUT2D eigenvalue weighted by Gasteiger charge is -2.25. The van der Waals surface area contributed by atoms with Crippen molar-refractivity contribution in [3.63, 3.8) is 0 Å². The van der Waals surface area contributed by atoms with Crippen molar-refractivity contribution in [3.8, 4) is 0 Å². The molecule has 1 aliphatic heterocycles. The normalized spacial score (nSPS) is 21.8. The van der Waals surface area contributed by atoms with Gasteiger partial charge in [0.2, 0.25) is 5.89 Å². The number of likely N-dealkylation sites (tertiary alicyclic amines) is 1. The van der Waals surface area contributed by atoms with Crippen molar-refractivity contribution in [2.75, 3.05) is 13.7 Å². The smallest absolute Gasteiger partial charge is 0.392 e. The van der Waals surface area contributed by atoms with Gasteiger partial charge in [-0.25, -0.2) is 0 Å². The summed E-state index contributed by atoms with van der Waals surface area (Å²) < 4.78 is 49.9. The van der Waals surface area contributed by atoms with Gasteiger partial charge in [-0.1, -0.05) is 23.4 Å². The molecule has 1 N–H and O–H groups in total. The van der Waals surface area contributed by atoms with E-state index in [-0.39, 0.29) is 37.6 Å². The average Bonchev–Trinajstić information content (AvgIpc) is 3.14. The number of nitrogens with zero attached hydrogens (tertiary/aromatic N) is 3. The van der Waals surface area contributed by atoms with E-state index in [9.17, 15) is 18.3 Å². The van der Waals surface area contributed by atoms with E-state index < -0.39 is 23.9 Å². The summed E-state index contributed by atoms with van der Waals surface area (Å²) in [6.45, 7) is 0.579. The fourth-order valence-electron chi connectivity index (χ4n) is 3.14. The number of ether oxygens (including phenoxy) is 1. The molecule has 0 aliphatic carbocycles. The summed E-state index contributed by atoms with van der Waals surface area (Å²) in [5, 5.41) is 13.7. The van der Waals surface area contributed by atoms with Crippen molar-refractivity contribution >= 4 is 0 Å². The topological polar surface area (TPSA) is 71.6 Å². The summed E-state index contributed by atoms with van der Waals surface area (Å²) in [5.41, 5.74) is -0.548. The van der Waals surface area contributed by atoms with Gasteiger partial charge in [-0.05, 0) is 18.1 Å². The van der Waals surface area contributed by atoms with Crippen LogP contribution >= 0.6 is 0 Å². The first-order chi connectivity index (χ1) is 11.9. The largest absolute Gasteiger partial charge is 0.416 e. The summed E-state index contributed by atoms with van der Waals surface area (Å²) in [4.78, 5) is 5.86. The van der Waals surface area contributed by atoms with Gasteiger partial charge >= 0.3 is 6.18 Å². The van der Waals surface area contributed by atoms with Crippen LogP contribution in [0.4, 0.5) is 13.2 Å². The SMILES string of the molecule is COCc1noc(CN2C[C@@H](O)C[C@@H]2c2ccccc2C(F)(F)F)n1. The maximum atomic E-state index is 13.3. The highest BCUT2D eigenvalue weighted by Crippen LogP contribution is 2.40. The Morgan fingerprint density at radius 2 is 2.12 bits per heavy atom. The number of aliphatic hydroxyl groups is 1. The van der Waals surface area contributed by atoms with Crippen molar-refractivity contribution in [2.45, 2.75) is 37.9 Å². The van der Waals surface area contributed by atoms with E-state index in [0.29, 0.717) is 5.82 Å². The highest BCUT2D eigenvalue weighted by atomic mass is 19.4. The van der Waals surface area contributed by atoms with Gasteiger partial charge in [0.05, 0.1) is 18.2 Å². The molecule has 0 bridgehead atoms. The lowest BCUT2D eigenvalue weighted by atomic mass is 9.97. The standard InChI is InChI=1S/C16H18F3N3O3/c1-24-9-14-20-15(25-21-14)8-22-7-10(23)6-13(22)11-4-2-3-5-12(11)16(17,18)19/h2-5,10,13,23H,6-9H2,1H3/t10-,13+/m0/s1. The molecular formula is C16H18F3N3O3. The summed E-state index contributed by atoms with van der Waals surface area (Å²) >= 11 is 0. The summed E-state index contributed by atoms with van der Waals surface area (Å²) in [5.74, 6) is 0.639. The number of hydrogen-bond acceptors (Lipinski definition) is 6. The molecule has 2 heterocycles. The van der Waals surface area contributed by atoms with Gasteiger partial charge in [0.15, 0.2) is 5.82 Å². The third kappa shape index (κ3) is 4.00. The first-order valence-electron chi connectivity index (χ1n) is 7.77. The molecule has 1 fully saturated rings. The maximum absolute atomic E-state index is 13.3. The van der Waals surface area contributed by atoms with E-state index in [2.05, 4.69) is 10.1 Å². The molecule has 25 heavy (non-hydrogen) atoms. The number of β-amino-alcohol motifs (C(OH)–C–C–N with tert-alkyl or cyclic N) is 1. The third-order valence-corrected chi connectivity index (χ3v) is 4.13. The molecule has 2 aromatic rings. The Kier molecular flexibility index (Phi) is 5.07. The second kappa shape index (κ2) is 7.11. The molecule has 0 amide bonds. The Labute approximate surface area is 142 Å². The monoisotopic (exact) mass is 357 g/mol. The zero-order valence-electron chi connectivity index (χ0n) is 13.5. The summed E-state index contributed by atoms with van der Waals surface area (Å²) in [7, 11) is 1.50. The van der Waals surface area contributed by atoms with E-state index >= 15 is 0 Å². The molecule has 136 valence electrons. The van der Waals surface area contributed by atoms with Gasteiger partial charge in [-0.3, -0.25) is 4.90 Å². The predicted molar refractivity (Wildman–Crippen MR) is 80.2 cm³/mol. The number of halogens is 3. The molecule has 6 nitrogen and oxygen atoms in total. The van der Waals surface area contributed by atoms with Crippen molar-refractivity contribution < 1.29 is 27.5 Å². The van der Waals surface area contributed by atoms with Gasteiger partial charge in [0.25, 0.3) is 0 Å². The van der Waals surface area contributed by atoms with Crippen LogP contribution in [0, 0.1) is 0 Å². The molecule has 1 aromatic heterocycles. The molecule has 1 saturated heterocycles. The number of aromatic nitrogens is 2. The average molecular weight is 357 g/mol. The number of benzene rings is 1. The van der Waals surface area contributed by atoms with Crippen molar-refractivity contribution in [2.24, 2.45) is 0 Å². The fourth-order valence-corrected chi connectivity index (χ4v) is 3.14. The molecule has 0 saturated carbocycles. The van der Waals surface area contributed by atoms with Crippen LogP contribution in [0.3, 0.4) is 0 Å². The second-order valence-electron chi connectivity index (χ2n) is 5.96. The summed E-state index contributed by atoms with van der Waals surface area (Å²) in [6.07, 6.45) is -4.95. The Bertz CT molecular complexity index is 720. The molecule has 0 spiro atoms. The highest BCUT2D eigenvalue weighted by molar-refractivity contribution is 5.33. The van der Waals surface area contributed by atoms with Crippen LogP contribution in [0.15, 0.2) is 28.8 Å². The number of alkyl halides is 3. The zero-order chi connectivity index (χ0) is 18.0. The zero-order valence-corrected chi connectivity index (χ0v) is 13.5. The molecule has 1 aromatic carbocycles. The van der Waals surface area contributed by atoms with Crippen LogP contribution in [0.2, 0.25) is 0 Å². The molecule has 0 unspecified atom stereocenters. The van der Waals surface area contributed by atoms with Crippen LogP contribution in [0.5, 0.6) is 0 Å². The Morgan fingerprint density at radius 3 is 2.84 bits per heavy atom. The highest BCUT2D eigenvalue weighted by Gasteiger charge is 2.40. The molecular weight excluding hydrogens is 339 g/mol. The molecule has 1 aliphatic rings. The van der Waals surface area contributed by atoms with E-state index in [1.807, 2.05) is 0 Å². The Balaban J connectivity index is 1.85. The van der Waals surface area contributed by atoms with Crippen molar-refractivity contribution in [1.82, 2.24) is 15.0 Å². The van der Waals surface area contributed by atoms with Crippen LogP contribution in [0.25, 0.3) is 0 Å². The van der Waals surface area contributed by atoms with E-state index in [1.54, 1.807) is 11.0 Å². The minimum absolute atomic E-state index is 0.142. The Hall–Kier alpha value is -1.97.